The maximum absolute atomic E-state index is 12.4. The van der Waals surface area contributed by atoms with Crippen LogP contribution in [-0.4, -0.2) is 42.4 Å². The predicted molar refractivity (Wildman–Crippen MR) is 83.3 cm³/mol. The first-order valence-corrected chi connectivity index (χ1v) is 6.78. The number of amides is 1. The van der Waals surface area contributed by atoms with Gasteiger partial charge < -0.3 is 10.2 Å². The highest BCUT2D eigenvalue weighted by Crippen LogP contribution is 2.26. The number of hydrogen-bond donors (Lipinski definition) is 1. The SMILES string of the molecule is CNCC1CCN(C(=O)c2ccc(Cl)cc2[N+](=O)[O-])C1.Cl. The first-order chi connectivity index (χ1) is 9.52. The molecule has 1 aliphatic heterocycles. The fourth-order valence-corrected chi connectivity index (χ4v) is 2.65. The Bertz CT molecular complexity index is 539. The van der Waals surface area contributed by atoms with Crippen molar-refractivity contribution in [3.05, 3.63) is 38.9 Å². The molecule has 1 amide bonds. The molecular formula is C13H17Cl2N3O3. The molecule has 8 heteroatoms. The van der Waals surface area contributed by atoms with Crippen molar-refractivity contribution >= 4 is 35.6 Å². The second-order valence-corrected chi connectivity index (χ2v) is 5.32. The summed E-state index contributed by atoms with van der Waals surface area (Å²) in [5.74, 6) is 0.0993. The first-order valence-electron chi connectivity index (χ1n) is 6.40. The summed E-state index contributed by atoms with van der Waals surface area (Å²) in [4.78, 5) is 24.5. The highest BCUT2D eigenvalue weighted by Gasteiger charge is 2.30. The number of nitrogens with zero attached hydrogens (tertiary/aromatic N) is 2. The van der Waals surface area contributed by atoms with Gasteiger partial charge in [-0.05, 0) is 38.1 Å². The average Bonchev–Trinajstić information content (AvgIpc) is 2.87. The van der Waals surface area contributed by atoms with E-state index >= 15 is 0 Å². The Balaban J connectivity index is 0.00000220. The summed E-state index contributed by atoms with van der Waals surface area (Å²) < 4.78 is 0. The molecule has 1 unspecified atom stereocenters. The predicted octanol–water partition coefficient (Wildman–Crippen LogP) is 2.35. The van der Waals surface area contributed by atoms with Gasteiger partial charge in [0.25, 0.3) is 11.6 Å². The fraction of sp³-hybridized carbons (Fsp3) is 0.462. The van der Waals surface area contributed by atoms with Gasteiger partial charge in [-0.2, -0.15) is 0 Å². The third-order valence-corrected chi connectivity index (χ3v) is 3.69. The molecule has 0 spiro atoms. The molecule has 1 aromatic rings. The Morgan fingerprint density at radius 3 is 2.90 bits per heavy atom. The Morgan fingerprint density at radius 1 is 1.57 bits per heavy atom. The molecule has 1 N–H and O–H groups in total. The summed E-state index contributed by atoms with van der Waals surface area (Å²) in [5, 5.41) is 14.4. The van der Waals surface area contributed by atoms with Gasteiger partial charge in [0, 0.05) is 24.2 Å². The monoisotopic (exact) mass is 333 g/mol. The quantitative estimate of drug-likeness (QED) is 0.677. The molecule has 0 aliphatic carbocycles. The van der Waals surface area contributed by atoms with Gasteiger partial charge >= 0.3 is 0 Å². The van der Waals surface area contributed by atoms with Crippen molar-refractivity contribution in [1.29, 1.82) is 0 Å². The van der Waals surface area contributed by atoms with Crippen LogP contribution in [0.2, 0.25) is 5.02 Å². The van der Waals surface area contributed by atoms with Crippen molar-refractivity contribution < 1.29 is 9.72 Å². The number of nitro benzene ring substituents is 1. The maximum Gasteiger partial charge on any atom is 0.283 e. The van der Waals surface area contributed by atoms with E-state index in [9.17, 15) is 14.9 Å². The van der Waals surface area contributed by atoms with E-state index in [1.807, 2.05) is 7.05 Å². The summed E-state index contributed by atoms with van der Waals surface area (Å²) in [6.07, 6.45) is 0.911. The van der Waals surface area contributed by atoms with Gasteiger partial charge in [-0.1, -0.05) is 11.6 Å². The Kier molecular flexibility index (Phi) is 6.39. The molecule has 0 saturated carbocycles. The molecule has 1 saturated heterocycles. The smallest absolute Gasteiger partial charge is 0.283 e. The third kappa shape index (κ3) is 4.06. The molecular weight excluding hydrogens is 317 g/mol. The molecule has 1 aliphatic rings. The molecule has 116 valence electrons. The van der Waals surface area contributed by atoms with Gasteiger partial charge in [0.05, 0.1) is 4.92 Å². The van der Waals surface area contributed by atoms with E-state index in [1.165, 1.54) is 18.2 Å². The first kappa shape index (κ1) is 17.7. The zero-order chi connectivity index (χ0) is 14.7. The maximum atomic E-state index is 12.4. The molecule has 0 radical (unpaired) electrons. The van der Waals surface area contributed by atoms with E-state index in [0.717, 1.165) is 13.0 Å². The van der Waals surface area contributed by atoms with Gasteiger partial charge in [0.2, 0.25) is 0 Å². The second kappa shape index (κ2) is 7.59. The molecule has 1 fully saturated rings. The topological polar surface area (TPSA) is 75.5 Å². The number of nitrogens with one attached hydrogen (secondary N) is 1. The van der Waals surface area contributed by atoms with Crippen LogP contribution in [-0.2, 0) is 0 Å². The summed E-state index contributed by atoms with van der Waals surface area (Å²) in [5.41, 5.74) is -0.135. The zero-order valence-corrected chi connectivity index (χ0v) is 13.1. The van der Waals surface area contributed by atoms with Crippen molar-refractivity contribution in [3.8, 4) is 0 Å². The standard InChI is InChI=1S/C13H16ClN3O3.ClH/c1-15-7-9-4-5-16(8-9)13(18)11-3-2-10(14)6-12(11)17(19)20;/h2-3,6,9,15H,4-5,7-8H2,1H3;1H. The number of carbonyl (C=O) groups excluding carboxylic acids is 1. The summed E-state index contributed by atoms with van der Waals surface area (Å²) >= 11 is 5.75. The van der Waals surface area contributed by atoms with Gasteiger partial charge in [-0.3, -0.25) is 14.9 Å². The van der Waals surface area contributed by atoms with Crippen molar-refractivity contribution in [2.24, 2.45) is 5.92 Å². The number of rotatable bonds is 4. The summed E-state index contributed by atoms with van der Waals surface area (Å²) in [7, 11) is 1.87. The van der Waals surface area contributed by atoms with Gasteiger partial charge in [0.15, 0.2) is 0 Å². The number of carbonyl (C=O) groups is 1. The Hall–Kier alpha value is -1.37. The fourth-order valence-electron chi connectivity index (χ4n) is 2.48. The summed E-state index contributed by atoms with van der Waals surface area (Å²) in [6, 6.07) is 4.15. The van der Waals surface area contributed by atoms with Crippen LogP contribution >= 0.6 is 24.0 Å². The largest absolute Gasteiger partial charge is 0.338 e. The van der Waals surface area contributed by atoms with Gasteiger partial charge in [0.1, 0.15) is 5.56 Å². The molecule has 6 nitrogen and oxygen atoms in total. The van der Waals surface area contributed by atoms with Crippen LogP contribution in [0, 0.1) is 16.0 Å². The van der Waals surface area contributed by atoms with E-state index in [0.29, 0.717) is 19.0 Å². The average molecular weight is 334 g/mol. The van der Waals surface area contributed by atoms with E-state index in [2.05, 4.69) is 5.32 Å². The molecule has 2 rings (SSSR count). The number of halogens is 2. The van der Waals surface area contributed by atoms with E-state index < -0.39 is 4.92 Å². The third-order valence-electron chi connectivity index (χ3n) is 3.45. The second-order valence-electron chi connectivity index (χ2n) is 4.88. The molecule has 0 bridgehead atoms. The van der Waals surface area contributed by atoms with Crippen molar-refractivity contribution in [2.45, 2.75) is 6.42 Å². The minimum Gasteiger partial charge on any atom is -0.338 e. The van der Waals surface area contributed by atoms with Crippen LogP contribution in [0.4, 0.5) is 5.69 Å². The highest BCUT2D eigenvalue weighted by atomic mass is 35.5. The van der Waals surface area contributed by atoms with Crippen LogP contribution in [0.25, 0.3) is 0 Å². The Labute approximate surface area is 134 Å². The van der Waals surface area contributed by atoms with Gasteiger partial charge in [-0.15, -0.1) is 12.4 Å². The van der Waals surface area contributed by atoms with E-state index in [1.54, 1.807) is 4.90 Å². The minimum absolute atomic E-state index is 0. The number of nitro groups is 1. The van der Waals surface area contributed by atoms with Crippen LogP contribution in [0.5, 0.6) is 0 Å². The Morgan fingerprint density at radius 2 is 2.29 bits per heavy atom. The van der Waals surface area contributed by atoms with Crippen LogP contribution in [0.15, 0.2) is 18.2 Å². The number of benzene rings is 1. The molecule has 0 aromatic heterocycles. The van der Waals surface area contributed by atoms with E-state index in [4.69, 9.17) is 11.6 Å². The molecule has 1 atom stereocenters. The molecule has 1 aromatic carbocycles. The molecule has 21 heavy (non-hydrogen) atoms. The number of hydrogen-bond acceptors (Lipinski definition) is 4. The van der Waals surface area contributed by atoms with Crippen molar-refractivity contribution in [3.63, 3.8) is 0 Å². The zero-order valence-electron chi connectivity index (χ0n) is 11.5. The van der Waals surface area contributed by atoms with Gasteiger partial charge in [-0.25, -0.2) is 0 Å². The lowest BCUT2D eigenvalue weighted by atomic mass is 10.1. The molecule has 1 heterocycles. The minimum atomic E-state index is -0.569. The van der Waals surface area contributed by atoms with Crippen molar-refractivity contribution in [2.75, 3.05) is 26.7 Å². The lowest BCUT2D eigenvalue weighted by Gasteiger charge is -2.16. The lowest BCUT2D eigenvalue weighted by molar-refractivity contribution is -0.385. The normalized spacial score (nSPS) is 17.4. The lowest BCUT2D eigenvalue weighted by Crippen LogP contribution is -2.30. The highest BCUT2D eigenvalue weighted by molar-refractivity contribution is 6.31. The van der Waals surface area contributed by atoms with Crippen LogP contribution in [0.3, 0.4) is 0 Å². The van der Waals surface area contributed by atoms with E-state index in [-0.39, 0.29) is 34.6 Å². The number of likely N-dealkylation sites (tertiary alicyclic amines) is 1. The van der Waals surface area contributed by atoms with Crippen LogP contribution < -0.4 is 5.32 Å². The van der Waals surface area contributed by atoms with Crippen molar-refractivity contribution in [1.82, 2.24) is 10.2 Å². The van der Waals surface area contributed by atoms with Crippen LogP contribution in [0.1, 0.15) is 16.8 Å². The summed E-state index contributed by atoms with van der Waals surface area (Å²) in [6.45, 7) is 2.09.